The van der Waals surface area contributed by atoms with Crippen molar-refractivity contribution in [3.8, 4) is 11.5 Å². The van der Waals surface area contributed by atoms with Crippen molar-refractivity contribution in [2.75, 3.05) is 40.8 Å². The quantitative estimate of drug-likeness (QED) is 0.794. The highest BCUT2D eigenvalue weighted by molar-refractivity contribution is 5.42. The molecule has 4 heteroatoms. The van der Waals surface area contributed by atoms with E-state index in [9.17, 15) is 5.11 Å². The van der Waals surface area contributed by atoms with Gasteiger partial charge in [-0.05, 0) is 51.7 Å². The molecular formula is C16H28N2O2. The van der Waals surface area contributed by atoms with Crippen LogP contribution in [-0.2, 0) is 0 Å². The third-order valence-corrected chi connectivity index (χ3v) is 3.58. The van der Waals surface area contributed by atoms with Gasteiger partial charge in [-0.2, -0.15) is 0 Å². The van der Waals surface area contributed by atoms with Gasteiger partial charge >= 0.3 is 0 Å². The van der Waals surface area contributed by atoms with E-state index in [1.54, 1.807) is 13.2 Å². The van der Waals surface area contributed by atoms with Crippen molar-refractivity contribution in [1.82, 2.24) is 9.80 Å². The van der Waals surface area contributed by atoms with Gasteiger partial charge in [-0.25, -0.2) is 0 Å². The lowest BCUT2D eigenvalue weighted by Crippen LogP contribution is -2.34. The van der Waals surface area contributed by atoms with E-state index in [2.05, 4.69) is 37.7 Å². The van der Waals surface area contributed by atoms with E-state index in [1.807, 2.05) is 12.1 Å². The Morgan fingerprint density at radius 2 is 1.90 bits per heavy atom. The van der Waals surface area contributed by atoms with Crippen molar-refractivity contribution in [1.29, 1.82) is 0 Å². The highest BCUT2D eigenvalue weighted by Gasteiger charge is 2.16. The number of hydrogen-bond acceptors (Lipinski definition) is 4. The number of phenols is 1. The first-order valence-corrected chi connectivity index (χ1v) is 7.25. The number of phenolic OH excluding ortho intramolecular Hbond substituents is 1. The number of ether oxygens (including phenoxy) is 1. The molecule has 114 valence electrons. The molecule has 0 aliphatic rings. The number of methoxy groups -OCH3 is 1. The van der Waals surface area contributed by atoms with Crippen LogP contribution < -0.4 is 4.74 Å². The van der Waals surface area contributed by atoms with Gasteiger partial charge in [0, 0.05) is 19.1 Å². The number of hydrogen-bond donors (Lipinski definition) is 1. The topological polar surface area (TPSA) is 35.9 Å². The van der Waals surface area contributed by atoms with Crippen molar-refractivity contribution >= 4 is 0 Å². The Balaban J connectivity index is 2.84. The molecular weight excluding hydrogens is 252 g/mol. The second-order valence-electron chi connectivity index (χ2n) is 5.45. The summed E-state index contributed by atoms with van der Waals surface area (Å²) in [5, 5.41) is 9.69. The fraction of sp³-hybridized carbons (Fsp3) is 0.625. The fourth-order valence-corrected chi connectivity index (χ4v) is 2.28. The Morgan fingerprint density at radius 3 is 2.45 bits per heavy atom. The van der Waals surface area contributed by atoms with Crippen LogP contribution in [0.5, 0.6) is 11.5 Å². The van der Waals surface area contributed by atoms with E-state index in [0.29, 0.717) is 11.8 Å². The van der Waals surface area contributed by atoms with Gasteiger partial charge in [0.05, 0.1) is 7.11 Å². The van der Waals surface area contributed by atoms with Crippen LogP contribution in [0.15, 0.2) is 18.2 Å². The molecule has 1 N–H and O–H groups in total. The minimum Gasteiger partial charge on any atom is -0.504 e. The van der Waals surface area contributed by atoms with Gasteiger partial charge in [0.25, 0.3) is 0 Å². The minimum atomic E-state index is 0.193. The minimum absolute atomic E-state index is 0.193. The van der Waals surface area contributed by atoms with E-state index in [-0.39, 0.29) is 5.75 Å². The third kappa shape index (κ3) is 4.69. The second-order valence-corrected chi connectivity index (χ2v) is 5.45. The molecule has 0 spiro atoms. The highest BCUT2D eigenvalue weighted by atomic mass is 16.5. The lowest BCUT2D eigenvalue weighted by molar-refractivity contribution is 0.189. The zero-order chi connectivity index (χ0) is 15.1. The number of aromatic hydroxyl groups is 1. The maximum Gasteiger partial charge on any atom is 0.160 e. The van der Waals surface area contributed by atoms with E-state index in [1.165, 1.54) is 5.56 Å². The van der Waals surface area contributed by atoms with Crippen molar-refractivity contribution in [3.05, 3.63) is 23.8 Å². The van der Waals surface area contributed by atoms with Crippen LogP contribution in [0.2, 0.25) is 0 Å². The van der Waals surface area contributed by atoms with E-state index in [0.717, 1.165) is 26.1 Å². The summed E-state index contributed by atoms with van der Waals surface area (Å²) in [6.07, 6.45) is 1.13. The molecule has 1 rings (SSSR count). The smallest absolute Gasteiger partial charge is 0.160 e. The summed E-state index contributed by atoms with van der Waals surface area (Å²) in [6.45, 7) is 7.55. The van der Waals surface area contributed by atoms with Crippen LogP contribution in [-0.4, -0.2) is 55.7 Å². The third-order valence-electron chi connectivity index (χ3n) is 3.58. The van der Waals surface area contributed by atoms with Crippen LogP contribution >= 0.6 is 0 Å². The van der Waals surface area contributed by atoms with E-state index >= 15 is 0 Å². The van der Waals surface area contributed by atoms with Crippen LogP contribution in [0.3, 0.4) is 0 Å². The zero-order valence-electron chi connectivity index (χ0n) is 13.4. The molecule has 1 unspecified atom stereocenters. The molecule has 0 fully saturated rings. The predicted octanol–water partition coefficient (Wildman–Crippen LogP) is 2.74. The Kier molecular flexibility index (Phi) is 6.82. The molecule has 0 heterocycles. The first-order chi connectivity index (χ1) is 9.49. The largest absolute Gasteiger partial charge is 0.504 e. The Morgan fingerprint density at radius 1 is 1.20 bits per heavy atom. The number of benzene rings is 1. The molecule has 0 bridgehead atoms. The van der Waals surface area contributed by atoms with Crippen LogP contribution in [0.4, 0.5) is 0 Å². The molecule has 0 aliphatic carbocycles. The number of rotatable bonds is 8. The van der Waals surface area contributed by atoms with Crippen molar-refractivity contribution in [2.24, 2.45) is 0 Å². The molecule has 1 atom stereocenters. The van der Waals surface area contributed by atoms with Crippen molar-refractivity contribution in [2.45, 2.75) is 26.3 Å². The average Bonchev–Trinajstić information content (AvgIpc) is 2.43. The van der Waals surface area contributed by atoms with Crippen molar-refractivity contribution < 1.29 is 9.84 Å². The van der Waals surface area contributed by atoms with Gasteiger partial charge in [0.1, 0.15) is 0 Å². The lowest BCUT2D eigenvalue weighted by Gasteiger charge is -2.30. The van der Waals surface area contributed by atoms with Crippen LogP contribution in [0.25, 0.3) is 0 Å². The summed E-state index contributed by atoms with van der Waals surface area (Å²) in [6, 6.07) is 5.92. The SMILES string of the molecule is CCCN(CCN(C)C)C(C)c1ccc(O)c(OC)c1. The van der Waals surface area contributed by atoms with Gasteiger partial charge in [-0.1, -0.05) is 13.0 Å². The van der Waals surface area contributed by atoms with Gasteiger partial charge < -0.3 is 14.7 Å². The normalized spacial score (nSPS) is 12.9. The van der Waals surface area contributed by atoms with Crippen LogP contribution in [0.1, 0.15) is 31.9 Å². The highest BCUT2D eigenvalue weighted by Crippen LogP contribution is 2.30. The Hall–Kier alpha value is -1.26. The molecule has 0 radical (unpaired) electrons. The molecule has 0 saturated carbocycles. The molecule has 20 heavy (non-hydrogen) atoms. The van der Waals surface area contributed by atoms with E-state index in [4.69, 9.17) is 4.74 Å². The summed E-state index contributed by atoms with van der Waals surface area (Å²) in [5.74, 6) is 0.734. The molecule has 0 aliphatic heterocycles. The lowest BCUT2D eigenvalue weighted by atomic mass is 10.1. The predicted molar refractivity (Wildman–Crippen MR) is 83.5 cm³/mol. The first-order valence-electron chi connectivity index (χ1n) is 7.25. The van der Waals surface area contributed by atoms with Gasteiger partial charge in [0.15, 0.2) is 11.5 Å². The summed E-state index contributed by atoms with van der Waals surface area (Å²) in [4.78, 5) is 4.67. The van der Waals surface area contributed by atoms with Crippen molar-refractivity contribution in [3.63, 3.8) is 0 Å². The maximum atomic E-state index is 9.69. The zero-order valence-corrected chi connectivity index (χ0v) is 13.4. The summed E-state index contributed by atoms with van der Waals surface area (Å²) >= 11 is 0. The fourth-order valence-electron chi connectivity index (χ4n) is 2.28. The summed E-state index contributed by atoms with van der Waals surface area (Å²) in [7, 11) is 5.77. The molecule has 4 nitrogen and oxygen atoms in total. The van der Waals surface area contributed by atoms with Crippen LogP contribution in [0, 0.1) is 0 Å². The first kappa shape index (κ1) is 16.8. The average molecular weight is 280 g/mol. The standard InChI is InChI=1S/C16H28N2O2/c1-6-9-18(11-10-17(3)4)13(2)14-7-8-15(19)16(12-14)20-5/h7-8,12-13,19H,6,9-11H2,1-5H3. The Labute approximate surface area is 123 Å². The molecule has 1 aromatic rings. The molecule has 1 aromatic carbocycles. The summed E-state index contributed by atoms with van der Waals surface area (Å²) in [5.41, 5.74) is 1.17. The Bertz CT molecular complexity index is 407. The number of nitrogens with zero attached hydrogens (tertiary/aromatic N) is 2. The molecule has 0 aromatic heterocycles. The van der Waals surface area contributed by atoms with Gasteiger partial charge in [-0.15, -0.1) is 0 Å². The summed E-state index contributed by atoms with van der Waals surface area (Å²) < 4.78 is 5.20. The molecule has 0 amide bonds. The van der Waals surface area contributed by atoms with Gasteiger partial charge in [-0.3, -0.25) is 4.90 Å². The molecule has 0 saturated heterocycles. The monoisotopic (exact) mass is 280 g/mol. The second kappa shape index (κ2) is 8.12. The van der Waals surface area contributed by atoms with Gasteiger partial charge in [0.2, 0.25) is 0 Å². The maximum absolute atomic E-state index is 9.69. The number of likely N-dealkylation sites (N-methyl/N-ethyl adjacent to an activating group) is 1. The van der Waals surface area contributed by atoms with E-state index < -0.39 is 0 Å².